The van der Waals surface area contributed by atoms with Crippen molar-refractivity contribution >= 4 is 23.4 Å². The molecule has 0 spiro atoms. The zero-order valence-electron chi connectivity index (χ0n) is 13.2. The lowest BCUT2D eigenvalue weighted by Crippen LogP contribution is -2.51. The van der Waals surface area contributed by atoms with Crippen LogP contribution in [-0.2, 0) is 14.4 Å². The van der Waals surface area contributed by atoms with Crippen LogP contribution in [0.5, 0.6) is 0 Å². The van der Waals surface area contributed by atoms with Crippen LogP contribution in [0.1, 0.15) is 24.8 Å². The van der Waals surface area contributed by atoms with Crippen LogP contribution in [0.2, 0.25) is 0 Å². The second kappa shape index (κ2) is 6.40. The molecular formula is C17H21N3O3. The summed E-state index contributed by atoms with van der Waals surface area (Å²) in [5, 5.41) is 5.53. The Bertz CT molecular complexity index is 626. The van der Waals surface area contributed by atoms with E-state index in [9.17, 15) is 14.4 Å². The number of hydrogen-bond acceptors (Lipinski definition) is 3. The Balaban J connectivity index is 1.63. The molecule has 1 aromatic rings. The number of benzene rings is 1. The normalized spacial score (nSPS) is 24.5. The Hall–Kier alpha value is -2.37. The number of anilines is 1. The second-order valence-corrected chi connectivity index (χ2v) is 6.24. The van der Waals surface area contributed by atoms with Crippen molar-refractivity contribution < 1.29 is 14.4 Å². The third kappa shape index (κ3) is 3.36. The average Bonchev–Trinajstić information content (AvgIpc) is 2.92. The molecule has 2 aliphatic heterocycles. The maximum absolute atomic E-state index is 12.4. The van der Waals surface area contributed by atoms with Gasteiger partial charge in [-0.15, -0.1) is 0 Å². The largest absolute Gasteiger partial charge is 0.354 e. The monoisotopic (exact) mass is 315 g/mol. The third-order valence-electron chi connectivity index (χ3n) is 4.44. The molecule has 6 heteroatoms. The van der Waals surface area contributed by atoms with Crippen LogP contribution < -0.4 is 15.5 Å². The molecule has 0 aliphatic carbocycles. The zero-order chi connectivity index (χ0) is 16.4. The van der Waals surface area contributed by atoms with Crippen LogP contribution in [0.3, 0.4) is 0 Å². The second-order valence-electron chi connectivity index (χ2n) is 6.24. The van der Waals surface area contributed by atoms with Crippen LogP contribution in [0.25, 0.3) is 0 Å². The summed E-state index contributed by atoms with van der Waals surface area (Å²) in [6, 6.07) is 7.20. The Morgan fingerprint density at radius 3 is 2.70 bits per heavy atom. The molecule has 1 aromatic carbocycles. The molecule has 0 unspecified atom stereocenters. The Labute approximate surface area is 135 Å². The van der Waals surface area contributed by atoms with Gasteiger partial charge in [-0.2, -0.15) is 0 Å². The maximum Gasteiger partial charge on any atom is 0.242 e. The van der Waals surface area contributed by atoms with E-state index in [0.717, 1.165) is 17.7 Å². The molecule has 2 heterocycles. The first-order chi connectivity index (χ1) is 11.0. The fourth-order valence-electron chi connectivity index (χ4n) is 3.06. The van der Waals surface area contributed by atoms with Crippen LogP contribution >= 0.6 is 0 Å². The number of nitrogens with zero attached hydrogens (tertiary/aromatic N) is 1. The minimum atomic E-state index is -0.472. The van der Waals surface area contributed by atoms with Gasteiger partial charge >= 0.3 is 0 Å². The topological polar surface area (TPSA) is 78.5 Å². The molecule has 0 radical (unpaired) electrons. The van der Waals surface area contributed by atoms with E-state index in [0.29, 0.717) is 19.5 Å². The third-order valence-corrected chi connectivity index (χ3v) is 4.44. The van der Waals surface area contributed by atoms with Crippen molar-refractivity contribution in [2.75, 3.05) is 18.0 Å². The fourth-order valence-corrected chi connectivity index (χ4v) is 3.06. The number of rotatable bonds is 3. The minimum absolute atomic E-state index is 0.0536. The smallest absolute Gasteiger partial charge is 0.242 e. The van der Waals surface area contributed by atoms with Crippen LogP contribution in [0.15, 0.2) is 24.3 Å². The van der Waals surface area contributed by atoms with E-state index < -0.39 is 12.0 Å². The number of nitrogens with one attached hydrogen (secondary N) is 2. The highest BCUT2D eigenvalue weighted by atomic mass is 16.2. The van der Waals surface area contributed by atoms with Crippen molar-refractivity contribution in [3.05, 3.63) is 29.8 Å². The highest BCUT2D eigenvalue weighted by Crippen LogP contribution is 2.25. The van der Waals surface area contributed by atoms with Gasteiger partial charge in [-0.1, -0.05) is 17.7 Å². The Morgan fingerprint density at radius 1 is 1.26 bits per heavy atom. The lowest BCUT2D eigenvalue weighted by molar-refractivity contribution is -0.132. The average molecular weight is 315 g/mol. The molecule has 0 bridgehead atoms. The Kier molecular flexibility index (Phi) is 4.32. The van der Waals surface area contributed by atoms with Gasteiger partial charge in [0, 0.05) is 25.2 Å². The van der Waals surface area contributed by atoms with Gasteiger partial charge in [-0.3, -0.25) is 14.4 Å². The molecule has 2 atom stereocenters. The van der Waals surface area contributed by atoms with Crippen molar-refractivity contribution in [2.24, 2.45) is 5.92 Å². The van der Waals surface area contributed by atoms with E-state index in [1.165, 1.54) is 0 Å². The first kappa shape index (κ1) is 15.5. The predicted molar refractivity (Wildman–Crippen MR) is 85.8 cm³/mol. The molecule has 2 aliphatic rings. The molecule has 3 rings (SSSR count). The van der Waals surface area contributed by atoms with E-state index in [1.807, 2.05) is 31.2 Å². The molecule has 122 valence electrons. The molecule has 6 nitrogen and oxygen atoms in total. The van der Waals surface area contributed by atoms with Crippen molar-refractivity contribution in [2.45, 2.75) is 32.2 Å². The summed E-state index contributed by atoms with van der Waals surface area (Å²) >= 11 is 0. The summed E-state index contributed by atoms with van der Waals surface area (Å²) in [6.07, 6.45) is 1.70. The van der Waals surface area contributed by atoms with E-state index in [4.69, 9.17) is 0 Å². The summed E-state index contributed by atoms with van der Waals surface area (Å²) in [5.41, 5.74) is 1.93. The lowest BCUT2D eigenvalue weighted by atomic mass is 10.0. The van der Waals surface area contributed by atoms with Gasteiger partial charge in [0.2, 0.25) is 17.7 Å². The van der Waals surface area contributed by atoms with Gasteiger partial charge in [0.25, 0.3) is 0 Å². The van der Waals surface area contributed by atoms with Crippen molar-refractivity contribution in [1.82, 2.24) is 10.6 Å². The molecule has 2 N–H and O–H groups in total. The summed E-state index contributed by atoms with van der Waals surface area (Å²) in [4.78, 5) is 37.9. The minimum Gasteiger partial charge on any atom is -0.354 e. The van der Waals surface area contributed by atoms with Crippen LogP contribution in [0, 0.1) is 12.8 Å². The summed E-state index contributed by atoms with van der Waals surface area (Å²) in [7, 11) is 0. The van der Waals surface area contributed by atoms with E-state index in [1.54, 1.807) is 4.90 Å². The number of carbonyl (C=O) groups is 3. The van der Waals surface area contributed by atoms with E-state index in [-0.39, 0.29) is 24.1 Å². The van der Waals surface area contributed by atoms with Crippen LogP contribution in [-0.4, -0.2) is 36.9 Å². The van der Waals surface area contributed by atoms with Crippen LogP contribution in [0.4, 0.5) is 5.69 Å². The van der Waals surface area contributed by atoms with Crippen molar-refractivity contribution in [1.29, 1.82) is 0 Å². The molecule has 0 saturated carbocycles. The number of piperidine rings is 1. The maximum atomic E-state index is 12.4. The highest BCUT2D eigenvalue weighted by Gasteiger charge is 2.36. The molecule has 3 amide bonds. The molecule has 23 heavy (non-hydrogen) atoms. The number of hydrogen-bond donors (Lipinski definition) is 2. The van der Waals surface area contributed by atoms with E-state index in [2.05, 4.69) is 10.6 Å². The van der Waals surface area contributed by atoms with E-state index >= 15 is 0 Å². The van der Waals surface area contributed by atoms with Gasteiger partial charge in [0.1, 0.15) is 6.04 Å². The van der Waals surface area contributed by atoms with Crippen molar-refractivity contribution in [3.63, 3.8) is 0 Å². The molecule has 0 aromatic heterocycles. The van der Waals surface area contributed by atoms with Gasteiger partial charge in [-0.25, -0.2) is 0 Å². The summed E-state index contributed by atoms with van der Waals surface area (Å²) < 4.78 is 0. The SMILES string of the molecule is Cc1ccc(N2C[C@@H](C(=O)N[C@H]3CCCNC3=O)CC2=O)cc1. The first-order valence-electron chi connectivity index (χ1n) is 8.00. The zero-order valence-corrected chi connectivity index (χ0v) is 13.2. The highest BCUT2D eigenvalue weighted by molar-refractivity contribution is 6.01. The number of carbonyl (C=O) groups excluding carboxylic acids is 3. The molecule has 2 saturated heterocycles. The standard InChI is InChI=1S/C17H21N3O3/c1-11-4-6-13(7-5-11)20-10-12(9-15(20)21)16(22)19-14-3-2-8-18-17(14)23/h4-7,12,14H,2-3,8-10H2,1H3,(H,18,23)(H,19,22)/t12-,14-/m0/s1. The van der Waals surface area contributed by atoms with Gasteiger partial charge in [-0.05, 0) is 31.9 Å². The lowest BCUT2D eigenvalue weighted by Gasteiger charge is -2.24. The number of aryl methyl sites for hydroxylation is 1. The summed E-state index contributed by atoms with van der Waals surface area (Å²) in [5.74, 6) is -0.806. The van der Waals surface area contributed by atoms with Gasteiger partial charge < -0.3 is 15.5 Å². The fraction of sp³-hybridized carbons (Fsp3) is 0.471. The first-order valence-corrected chi connectivity index (χ1v) is 8.00. The summed E-state index contributed by atoms with van der Waals surface area (Å²) in [6.45, 7) is 3.01. The molecule has 2 fully saturated rings. The molecular weight excluding hydrogens is 294 g/mol. The van der Waals surface area contributed by atoms with Gasteiger partial charge in [0.05, 0.1) is 5.92 Å². The number of amides is 3. The predicted octanol–water partition coefficient (Wildman–Crippen LogP) is 0.743. The van der Waals surface area contributed by atoms with Gasteiger partial charge in [0.15, 0.2) is 0 Å². The quantitative estimate of drug-likeness (QED) is 0.864. The Morgan fingerprint density at radius 2 is 2.00 bits per heavy atom. The van der Waals surface area contributed by atoms with Crippen molar-refractivity contribution in [3.8, 4) is 0 Å².